The summed E-state index contributed by atoms with van der Waals surface area (Å²) in [6.45, 7) is 3.08. The minimum Gasteiger partial charge on any atom is -0.490 e. The third kappa shape index (κ3) is 8.67. The minimum absolute atomic E-state index is 0.0591. The van der Waals surface area contributed by atoms with Gasteiger partial charge in [-0.25, -0.2) is 0 Å². The lowest BCUT2D eigenvalue weighted by molar-refractivity contribution is -0.150. The molecule has 2 atom stereocenters. The average molecular weight is 674 g/mol. The van der Waals surface area contributed by atoms with Gasteiger partial charge in [0.2, 0.25) is 0 Å². The number of carbonyl (C=O) groups is 2. The lowest BCUT2D eigenvalue weighted by atomic mass is 10.0. The Morgan fingerprint density at radius 1 is 0.533 bits per heavy atom. The summed E-state index contributed by atoms with van der Waals surface area (Å²) >= 11 is 3.59. The van der Waals surface area contributed by atoms with Crippen LogP contribution in [0.15, 0.2) is 108 Å². The SMILES string of the molecule is CC(=O)OC(COc1ccccc1)COc1c2ccccc2c(OCC(COc2ccccc2)OC(C)=O)c2cc(Br)ccc12. The molecular weight excluding hydrogens is 640 g/mol. The normalized spacial score (nSPS) is 12.2. The molecule has 0 spiro atoms. The summed E-state index contributed by atoms with van der Waals surface area (Å²) in [5.41, 5.74) is 0. The molecule has 8 nitrogen and oxygen atoms in total. The summed E-state index contributed by atoms with van der Waals surface area (Å²) in [6, 6.07) is 32.2. The van der Waals surface area contributed by atoms with Gasteiger partial charge >= 0.3 is 11.9 Å². The number of ether oxygens (including phenoxy) is 6. The van der Waals surface area contributed by atoms with Crippen molar-refractivity contribution in [3.63, 3.8) is 0 Å². The Balaban J connectivity index is 1.43. The Kier molecular flexibility index (Phi) is 10.8. The van der Waals surface area contributed by atoms with E-state index in [4.69, 9.17) is 28.4 Å². The number of esters is 2. The largest absolute Gasteiger partial charge is 0.490 e. The first-order valence-electron chi connectivity index (χ1n) is 14.5. The number of hydrogen-bond donors (Lipinski definition) is 0. The van der Waals surface area contributed by atoms with E-state index in [0.29, 0.717) is 23.0 Å². The number of fused-ring (bicyclic) bond motifs is 2. The van der Waals surface area contributed by atoms with Gasteiger partial charge in [-0.15, -0.1) is 0 Å². The van der Waals surface area contributed by atoms with Crippen molar-refractivity contribution in [1.29, 1.82) is 0 Å². The van der Waals surface area contributed by atoms with Crippen molar-refractivity contribution >= 4 is 49.4 Å². The highest BCUT2D eigenvalue weighted by atomic mass is 79.9. The number of hydrogen-bond acceptors (Lipinski definition) is 8. The van der Waals surface area contributed by atoms with Crippen molar-refractivity contribution in [3.05, 3.63) is 108 Å². The molecule has 0 fully saturated rings. The van der Waals surface area contributed by atoms with Gasteiger partial charge in [-0.05, 0) is 42.5 Å². The van der Waals surface area contributed by atoms with Crippen LogP contribution < -0.4 is 18.9 Å². The van der Waals surface area contributed by atoms with Crippen molar-refractivity contribution < 1.29 is 38.0 Å². The zero-order valence-electron chi connectivity index (χ0n) is 24.9. The molecule has 0 radical (unpaired) electrons. The quantitative estimate of drug-likeness (QED) is 0.0883. The highest BCUT2D eigenvalue weighted by Gasteiger charge is 2.22. The number of benzene rings is 5. The van der Waals surface area contributed by atoms with Crippen LogP contribution in [0.3, 0.4) is 0 Å². The molecule has 0 saturated carbocycles. The molecule has 0 saturated heterocycles. The van der Waals surface area contributed by atoms with Gasteiger partial charge in [0.25, 0.3) is 0 Å². The van der Waals surface area contributed by atoms with Crippen molar-refractivity contribution in [3.8, 4) is 23.0 Å². The Hall–Kier alpha value is -4.76. The van der Waals surface area contributed by atoms with Crippen molar-refractivity contribution in [2.45, 2.75) is 26.1 Å². The fourth-order valence-electron chi connectivity index (χ4n) is 4.85. The van der Waals surface area contributed by atoms with Crippen molar-refractivity contribution in [2.24, 2.45) is 0 Å². The van der Waals surface area contributed by atoms with E-state index in [1.807, 2.05) is 103 Å². The van der Waals surface area contributed by atoms with Gasteiger partial charge in [0.1, 0.15) is 49.4 Å². The summed E-state index contributed by atoms with van der Waals surface area (Å²) in [7, 11) is 0. The molecule has 0 aliphatic heterocycles. The standard InChI is InChI=1S/C36H33BrO8/c1-24(38)44-29(20-40-27-11-5-3-6-12-27)22-42-35-31-15-9-10-16-32(31)36(34-19-26(37)17-18-33(34)35)43-23-30(45-25(2)39)21-41-28-13-7-4-8-14-28/h3-19,29-30H,20-23H2,1-2H3. The first kappa shape index (κ1) is 31.7. The van der Waals surface area contributed by atoms with Crippen LogP contribution in [0.4, 0.5) is 0 Å². The molecule has 232 valence electrons. The summed E-state index contributed by atoms with van der Waals surface area (Å²) in [5, 5.41) is 3.18. The number of para-hydroxylation sites is 2. The number of rotatable bonds is 14. The third-order valence-electron chi connectivity index (χ3n) is 6.74. The van der Waals surface area contributed by atoms with E-state index in [1.165, 1.54) is 13.8 Å². The van der Waals surface area contributed by atoms with Crippen LogP contribution in [0.25, 0.3) is 21.5 Å². The van der Waals surface area contributed by atoms with Crippen LogP contribution in [0.5, 0.6) is 23.0 Å². The van der Waals surface area contributed by atoms with E-state index in [2.05, 4.69) is 15.9 Å². The second-order valence-corrected chi connectivity index (χ2v) is 11.1. The maximum absolute atomic E-state index is 11.9. The first-order valence-corrected chi connectivity index (χ1v) is 15.3. The molecule has 5 aromatic rings. The molecule has 5 aromatic carbocycles. The minimum atomic E-state index is -0.659. The van der Waals surface area contributed by atoms with Gasteiger partial charge in [0.05, 0.1) is 0 Å². The Morgan fingerprint density at radius 3 is 1.40 bits per heavy atom. The van der Waals surface area contributed by atoms with Crippen LogP contribution >= 0.6 is 15.9 Å². The second kappa shape index (κ2) is 15.3. The van der Waals surface area contributed by atoms with Crippen molar-refractivity contribution in [1.82, 2.24) is 0 Å². The molecule has 0 amide bonds. The van der Waals surface area contributed by atoms with Crippen LogP contribution in [0.2, 0.25) is 0 Å². The summed E-state index contributed by atoms with van der Waals surface area (Å²) in [5.74, 6) is 1.69. The summed E-state index contributed by atoms with van der Waals surface area (Å²) in [4.78, 5) is 23.8. The molecule has 0 aliphatic rings. The summed E-state index contributed by atoms with van der Waals surface area (Å²) in [6.07, 6.45) is -1.31. The van der Waals surface area contributed by atoms with Gasteiger partial charge in [0, 0.05) is 39.9 Å². The molecule has 0 aromatic heterocycles. The smallest absolute Gasteiger partial charge is 0.303 e. The van der Waals surface area contributed by atoms with Crippen molar-refractivity contribution in [2.75, 3.05) is 26.4 Å². The zero-order valence-corrected chi connectivity index (χ0v) is 26.5. The fourth-order valence-corrected chi connectivity index (χ4v) is 5.21. The van der Waals surface area contributed by atoms with Crippen LogP contribution in [-0.2, 0) is 19.1 Å². The van der Waals surface area contributed by atoms with Gasteiger partial charge in [-0.2, -0.15) is 0 Å². The maximum Gasteiger partial charge on any atom is 0.303 e. The van der Waals surface area contributed by atoms with Gasteiger partial charge < -0.3 is 28.4 Å². The van der Waals surface area contributed by atoms with E-state index >= 15 is 0 Å². The lowest BCUT2D eigenvalue weighted by Gasteiger charge is -2.23. The molecule has 9 heteroatoms. The van der Waals surface area contributed by atoms with Gasteiger partial charge in [0.15, 0.2) is 12.2 Å². The van der Waals surface area contributed by atoms with Crippen LogP contribution in [0.1, 0.15) is 13.8 Å². The highest BCUT2D eigenvalue weighted by molar-refractivity contribution is 9.10. The van der Waals surface area contributed by atoms with E-state index < -0.39 is 24.1 Å². The molecule has 0 bridgehead atoms. The third-order valence-corrected chi connectivity index (χ3v) is 7.23. The van der Waals surface area contributed by atoms with E-state index in [1.54, 1.807) is 0 Å². The Bertz CT molecular complexity index is 1740. The average Bonchev–Trinajstić information content (AvgIpc) is 3.04. The molecule has 0 heterocycles. The second-order valence-electron chi connectivity index (χ2n) is 10.2. The molecule has 0 aliphatic carbocycles. The lowest BCUT2D eigenvalue weighted by Crippen LogP contribution is -2.30. The van der Waals surface area contributed by atoms with Crippen LogP contribution in [0, 0.1) is 0 Å². The predicted molar refractivity (Wildman–Crippen MR) is 175 cm³/mol. The first-order chi connectivity index (χ1) is 21.9. The number of halogens is 1. The molecule has 0 N–H and O–H groups in total. The number of carbonyl (C=O) groups excluding carboxylic acids is 2. The Morgan fingerprint density at radius 2 is 0.933 bits per heavy atom. The highest BCUT2D eigenvalue weighted by Crippen LogP contribution is 2.44. The van der Waals surface area contributed by atoms with Crippen LogP contribution in [-0.4, -0.2) is 50.6 Å². The van der Waals surface area contributed by atoms with E-state index in [-0.39, 0.29) is 26.4 Å². The topological polar surface area (TPSA) is 89.5 Å². The van der Waals surface area contributed by atoms with Gasteiger partial charge in [-0.3, -0.25) is 9.59 Å². The maximum atomic E-state index is 11.9. The van der Waals surface area contributed by atoms with E-state index in [0.717, 1.165) is 26.0 Å². The molecule has 2 unspecified atom stereocenters. The van der Waals surface area contributed by atoms with E-state index in [9.17, 15) is 9.59 Å². The molecular formula is C36H33BrO8. The van der Waals surface area contributed by atoms with Gasteiger partial charge in [-0.1, -0.05) is 76.6 Å². The fraction of sp³-hybridized carbons (Fsp3) is 0.222. The zero-order chi connectivity index (χ0) is 31.6. The molecule has 45 heavy (non-hydrogen) atoms. The summed E-state index contributed by atoms with van der Waals surface area (Å²) < 4.78 is 36.5. The Labute approximate surface area is 269 Å². The monoisotopic (exact) mass is 672 g/mol. The predicted octanol–water partition coefficient (Wildman–Crippen LogP) is 7.53. The molecule has 5 rings (SSSR count).